The van der Waals surface area contributed by atoms with Crippen molar-refractivity contribution >= 4 is 5.97 Å². The summed E-state index contributed by atoms with van der Waals surface area (Å²) >= 11 is 0. The molecule has 2 atom stereocenters. The molecular weight excluding hydrogens is 190 g/mol. The molecule has 15 heavy (non-hydrogen) atoms. The molecule has 1 N–H and O–H groups in total. The van der Waals surface area contributed by atoms with E-state index < -0.39 is 0 Å². The van der Waals surface area contributed by atoms with Gasteiger partial charge in [-0.1, -0.05) is 13.8 Å². The highest BCUT2D eigenvalue weighted by molar-refractivity contribution is 5.69. The Balaban J connectivity index is 2.17. The molecule has 0 aromatic heterocycles. The minimum atomic E-state index is -0.126. The van der Waals surface area contributed by atoms with E-state index >= 15 is 0 Å². The summed E-state index contributed by atoms with van der Waals surface area (Å²) in [5.74, 6) is 1.49. The van der Waals surface area contributed by atoms with Crippen molar-refractivity contribution in [3.8, 4) is 0 Å². The predicted molar refractivity (Wildman–Crippen MR) is 60.6 cm³/mol. The molecule has 0 aromatic rings. The Bertz CT molecular complexity index is 196. The van der Waals surface area contributed by atoms with Crippen LogP contribution in [-0.4, -0.2) is 25.7 Å². The fraction of sp³-hybridized carbons (Fsp3) is 0.917. The number of hydrogen-bond donors (Lipinski definition) is 1. The van der Waals surface area contributed by atoms with Crippen LogP contribution in [0.2, 0.25) is 0 Å². The van der Waals surface area contributed by atoms with Crippen molar-refractivity contribution in [2.24, 2.45) is 11.8 Å². The zero-order valence-corrected chi connectivity index (χ0v) is 10.1. The number of hydrogen-bond acceptors (Lipinski definition) is 3. The lowest BCUT2D eigenvalue weighted by molar-refractivity contribution is -0.140. The number of esters is 1. The quantitative estimate of drug-likeness (QED) is 0.726. The molecule has 0 aromatic carbocycles. The second kappa shape index (κ2) is 6.11. The van der Waals surface area contributed by atoms with E-state index in [2.05, 4.69) is 23.9 Å². The van der Waals surface area contributed by atoms with E-state index in [1.807, 2.05) is 0 Å². The number of carbonyl (C=O) groups excluding carboxylic acids is 1. The Morgan fingerprint density at radius 1 is 1.27 bits per heavy atom. The first-order valence-electron chi connectivity index (χ1n) is 5.92. The minimum Gasteiger partial charge on any atom is -0.469 e. The molecule has 0 amide bonds. The van der Waals surface area contributed by atoms with E-state index in [1.165, 1.54) is 26.4 Å². The molecule has 1 fully saturated rings. The molecular formula is C12H23NO2. The van der Waals surface area contributed by atoms with Crippen LogP contribution >= 0.6 is 0 Å². The Labute approximate surface area is 92.6 Å². The molecule has 1 saturated carbocycles. The van der Waals surface area contributed by atoms with Gasteiger partial charge in [0.25, 0.3) is 0 Å². The number of ether oxygens (including phenoxy) is 1. The summed E-state index contributed by atoms with van der Waals surface area (Å²) in [6, 6.07) is 0.591. The van der Waals surface area contributed by atoms with Crippen LogP contribution in [-0.2, 0) is 9.53 Å². The maximum Gasteiger partial charge on any atom is 0.306 e. The molecule has 0 aliphatic heterocycles. The molecule has 0 bridgehead atoms. The van der Waals surface area contributed by atoms with Crippen LogP contribution in [0.5, 0.6) is 0 Å². The zero-order valence-electron chi connectivity index (χ0n) is 10.1. The number of methoxy groups -OCH3 is 1. The first-order valence-corrected chi connectivity index (χ1v) is 5.92. The second-order valence-electron chi connectivity index (χ2n) is 4.89. The van der Waals surface area contributed by atoms with E-state index in [1.54, 1.807) is 0 Å². The third kappa shape index (κ3) is 4.65. The van der Waals surface area contributed by atoms with Crippen LogP contribution in [0.4, 0.5) is 0 Å². The van der Waals surface area contributed by atoms with Gasteiger partial charge in [0, 0.05) is 12.6 Å². The van der Waals surface area contributed by atoms with Gasteiger partial charge < -0.3 is 10.1 Å². The van der Waals surface area contributed by atoms with Gasteiger partial charge in [-0.05, 0) is 31.1 Å². The van der Waals surface area contributed by atoms with Crippen LogP contribution in [0.3, 0.4) is 0 Å². The summed E-state index contributed by atoms with van der Waals surface area (Å²) in [5.41, 5.74) is 0. The Morgan fingerprint density at radius 3 is 2.40 bits per heavy atom. The van der Waals surface area contributed by atoms with Crippen molar-refractivity contribution in [2.45, 2.75) is 45.6 Å². The van der Waals surface area contributed by atoms with Gasteiger partial charge in [-0.25, -0.2) is 0 Å². The van der Waals surface area contributed by atoms with Crippen molar-refractivity contribution < 1.29 is 9.53 Å². The molecule has 0 radical (unpaired) electrons. The minimum absolute atomic E-state index is 0.126. The van der Waals surface area contributed by atoms with E-state index in [0.29, 0.717) is 12.5 Å². The van der Waals surface area contributed by atoms with Crippen LogP contribution in [0, 0.1) is 11.8 Å². The van der Waals surface area contributed by atoms with Crippen molar-refractivity contribution in [1.82, 2.24) is 5.32 Å². The molecule has 88 valence electrons. The third-order valence-electron chi connectivity index (χ3n) is 3.17. The highest BCUT2D eigenvalue weighted by atomic mass is 16.5. The van der Waals surface area contributed by atoms with Crippen LogP contribution in [0.1, 0.15) is 39.5 Å². The number of nitrogens with one attached hydrogen (secondary N) is 1. The molecule has 1 aliphatic carbocycles. The molecule has 1 aliphatic rings. The Morgan fingerprint density at radius 2 is 1.87 bits per heavy atom. The first kappa shape index (κ1) is 12.5. The van der Waals surface area contributed by atoms with Gasteiger partial charge in [0.05, 0.1) is 13.5 Å². The van der Waals surface area contributed by atoms with Gasteiger partial charge in [0.1, 0.15) is 0 Å². The fourth-order valence-electron chi connectivity index (χ4n) is 2.59. The SMILES string of the molecule is COC(=O)CCNC1CC(C)CC(C)C1. The highest BCUT2D eigenvalue weighted by Gasteiger charge is 2.23. The zero-order chi connectivity index (χ0) is 11.3. The molecule has 0 spiro atoms. The van der Waals surface area contributed by atoms with Gasteiger partial charge in [-0.3, -0.25) is 4.79 Å². The standard InChI is InChI=1S/C12H23NO2/c1-9-6-10(2)8-11(7-9)13-5-4-12(14)15-3/h9-11,13H,4-8H2,1-3H3. The highest BCUT2D eigenvalue weighted by Crippen LogP contribution is 2.28. The summed E-state index contributed by atoms with van der Waals surface area (Å²) in [6.45, 7) is 5.37. The second-order valence-corrected chi connectivity index (χ2v) is 4.89. The monoisotopic (exact) mass is 213 g/mol. The maximum atomic E-state index is 10.9. The summed E-state index contributed by atoms with van der Waals surface area (Å²) in [6.07, 6.45) is 4.31. The molecule has 3 heteroatoms. The van der Waals surface area contributed by atoms with Gasteiger partial charge in [-0.15, -0.1) is 0 Å². The topological polar surface area (TPSA) is 38.3 Å². The van der Waals surface area contributed by atoms with Crippen molar-refractivity contribution in [1.29, 1.82) is 0 Å². The maximum absolute atomic E-state index is 10.9. The summed E-state index contributed by atoms with van der Waals surface area (Å²) < 4.78 is 4.60. The van der Waals surface area contributed by atoms with Crippen LogP contribution in [0.15, 0.2) is 0 Å². The van der Waals surface area contributed by atoms with Crippen molar-refractivity contribution in [2.75, 3.05) is 13.7 Å². The van der Waals surface area contributed by atoms with E-state index in [-0.39, 0.29) is 5.97 Å². The van der Waals surface area contributed by atoms with Crippen molar-refractivity contribution in [3.63, 3.8) is 0 Å². The lowest BCUT2D eigenvalue weighted by atomic mass is 9.80. The molecule has 3 nitrogen and oxygen atoms in total. The average Bonchev–Trinajstić information content (AvgIpc) is 2.16. The molecule has 0 saturated heterocycles. The van der Waals surface area contributed by atoms with Gasteiger partial charge in [0.15, 0.2) is 0 Å². The first-order chi connectivity index (χ1) is 7.11. The van der Waals surface area contributed by atoms with Crippen LogP contribution < -0.4 is 5.32 Å². The summed E-state index contributed by atoms with van der Waals surface area (Å²) in [7, 11) is 1.44. The summed E-state index contributed by atoms with van der Waals surface area (Å²) in [4.78, 5) is 10.9. The molecule has 0 heterocycles. The normalized spacial score (nSPS) is 31.3. The Hall–Kier alpha value is -0.570. The predicted octanol–water partition coefficient (Wildman–Crippen LogP) is 1.96. The van der Waals surface area contributed by atoms with Crippen molar-refractivity contribution in [3.05, 3.63) is 0 Å². The van der Waals surface area contributed by atoms with E-state index in [0.717, 1.165) is 18.4 Å². The van der Waals surface area contributed by atoms with Gasteiger partial charge in [-0.2, -0.15) is 0 Å². The lowest BCUT2D eigenvalue weighted by Crippen LogP contribution is -2.37. The lowest BCUT2D eigenvalue weighted by Gasteiger charge is -2.32. The number of carbonyl (C=O) groups is 1. The van der Waals surface area contributed by atoms with Gasteiger partial charge >= 0.3 is 5.97 Å². The van der Waals surface area contributed by atoms with Crippen LogP contribution in [0.25, 0.3) is 0 Å². The van der Waals surface area contributed by atoms with Gasteiger partial charge in [0.2, 0.25) is 0 Å². The average molecular weight is 213 g/mol. The largest absolute Gasteiger partial charge is 0.469 e. The molecule has 1 rings (SSSR count). The van der Waals surface area contributed by atoms with E-state index in [9.17, 15) is 4.79 Å². The van der Waals surface area contributed by atoms with E-state index in [4.69, 9.17) is 0 Å². The smallest absolute Gasteiger partial charge is 0.306 e. The fourth-order valence-corrected chi connectivity index (χ4v) is 2.59. The summed E-state index contributed by atoms with van der Waals surface area (Å²) in [5, 5.41) is 3.45. The Kier molecular flexibility index (Phi) is 5.09. The number of rotatable bonds is 4. The third-order valence-corrected chi connectivity index (χ3v) is 3.17. The molecule has 2 unspecified atom stereocenters.